The van der Waals surface area contributed by atoms with E-state index in [4.69, 9.17) is 15.8 Å². The van der Waals surface area contributed by atoms with Crippen LogP contribution in [-0.2, 0) is 7.56 Å². The maximum Gasteiger partial charge on any atom is 2.00 e. The molecule has 0 fully saturated rings. The minimum absolute atomic E-state index is 0. The van der Waals surface area contributed by atoms with E-state index >= 15 is 0 Å². The van der Waals surface area contributed by atoms with Gasteiger partial charge in [-0.3, -0.25) is 0 Å². The Labute approximate surface area is 73.9 Å². The molecule has 2 radical (unpaired) electrons. The summed E-state index contributed by atoms with van der Waals surface area (Å²) in [5, 5.41) is 0. The molecule has 38 valence electrons. The number of rotatable bonds is 0. The molecule has 0 N–H and O–H groups in total. The average Bonchev–Trinajstić information content (AvgIpc) is 1.39. The molecule has 0 amide bonds. The Bertz CT molecular complexity index is 30.7. The molecule has 0 aromatic carbocycles. The van der Waals surface area contributed by atoms with Crippen LogP contribution in [0.15, 0.2) is 0 Å². The second kappa shape index (κ2) is 27.0. The summed E-state index contributed by atoms with van der Waals surface area (Å²) in [5.74, 6) is 0. The van der Waals surface area contributed by atoms with Gasteiger partial charge in [0, 0.05) is 0 Å². The van der Waals surface area contributed by atoms with Crippen molar-refractivity contribution in [3.05, 3.63) is 0 Å². The standard InChI is InChI=1S/2GeHO2.Pb/c2*2-1-3;/h2*1H;/q2*-1;+2. The van der Waals surface area contributed by atoms with Crippen LogP contribution in [0.25, 0.3) is 0 Å². The monoisotopic (exact) mass is 422 g/mol. The van der Waals surface area contributed by atoms with Crippen molar-refractivity contribution in [2.24, 2.45) is 0 Å². The van der Waals surface area contributed by atoms with E-state index in [1.165, 1.54) is 0 Å². The van der Waals surface area contributed by atoms with Crippen LogP contribution in [0.2, 0.25) is 0 Å². The molecule has 0 saturated carbocycles. The SMILES string of the molecule is [O]=[GeH][O-].[O]=[GeH][O-].[Pb+2]. The smallest absolute Gasteiger partial charge is 2.00 e. The molecule has 0 aromatic heterocycles. The second-order valence-electron chi connectivity index (χ2n) is 0.192. The van der Waals surface area contributed by atoms with E-state index in [0.29, 0.717) is 0 Å². The molecule has 0 heterocycles. The van der Waals surface area contributed by atoms with Crippen LogP contribution in [-0.4, -0.2) is 58.7 Å². The molecule has 4 nitrogen and oxygen atoms in total. The molecule has 0 atom stereocenters. The van der Waals surface area contributed by atoms with Crippen molar-refractivity contribution in [3.63, 3.8) is 0 Å². The van der Waals surface area contributed by atoms with E-state index in [2.05, 4.69) is 0 Å². The van der Waals surface area contributed by atoms with Gasteiger partial charge in [0.2, 0.25) is 0 Å². The normalized spacial score (nSPS) is 3.43. The second-order valence-corrected chi connectivity index (χ2v) is 1.00. The van der Waals surface area contributed by atoms with Gasteiger partial charge in [-0.25, -0.2) is 0 Å². The predicted octanol–water partition coefficient (Wildman–Crippen LogP) is -4.29. The summed E-state index contributed by atoms with van der Waals surface area (Å²) in [7, 11) is 0. The first-order valence-corrected chi connectivity index (χ1v) is 4.90. The van der Waals surface area contributed by atoms with Gasteiger partial charge in [0.25, 0.3) is 0 Å². The molecular formula is H2Ge2O4Pb. The fourth-order valence-corrected chi connectivity index (χ4v) is 0. The van der Waals surface area contributed by atoms with Crippen LogP contribution >= 0.6 is 0 Å². The van der Waals surface area contributed by atoms with Gasteiger partial charge in [0.15, 0.2) is 0 Å². The fraction of sp³-hybridized carbons (Fsp3) is 0. The first-order valence-electron chi connectivity index (χ1n) is 0.943. The minimum Gasteiger partial charge on any atom is 2.00 e. The van der Waals surface area contributed by atoms with Crippen molar-refractivity contribution in [2.75, 3.05) is 0 Å². The summed E-state index contributed by atoms with van der Waals surface area (Å²) in [5.41, 5.74) is 0. The molecule has 0 aromatic rings. The van der Waals surface area contributed by atoms with Crippen LogP contribution in [0.1, 0.15) is 0 Å². The van der Waals surface area contributed by atoms with Crippen molar-refractivity contribution in [2.45, 2.75) is 0 Å². The number of hydrogen-bond acceptors (Lipinski definition) is 4. The van der Waals surface area contributed by atoms with Crippen molar-refractivity contribution < 1.29 is 15.8 Å². The van der Waals surface area contributed by atoms with Crippen molar-refractivity contribution >= 4 is 58.7 Å². The molecule has 0 unspecified atom stereocenters. The topological polar surface area (TPSA) is 80.3 Å². The Hall–Kier alpha value is 1.21. The van der Waals surface area contributed by atoms with Crippen molar-refractivity contribution in [3.8, 4) is 0 Å². The van der Waals surface area contributed by atoms with Crippen LogP contribution in [0.5, 0.6) is 0 Å². The van der Waals surface area contributed by atoms with Gasteiger partial charge in [-0.15, -0.1) is 0 Å². The average molecular weight is 418 g/mol. The van der Waals surface area contributed by atoms with Gasteiger partial charge in [-0.2, -0.15) is 0 Å². The van der Waals surface area contributed by atoms with E-state index in [1.54, 1.807) is 0 Å². The molecule has 0 spiro atoms. The molecule has 0 rings (SSSR count). The molecule has 0 bridgehead atoms. The third kappa shape index (κ3) is 134. The third-order valence-corrected chi connectivity index (χ3v) is 0. The van der Waals surface area contributed by atoms with E-state index in [9.17, 15) is 0 Å². The minimum atomic E-state index is -2.19. The van der Waals surface area contributed by atoms with Crippen molar-refractivity contribution in [1.82, 2.24) is 0 Å². The van der Waals surface area contributed by atoms with Crippen LogP contribution in [0.3, 0.4) is 0 Å². The van der Waals surface area contributed by atoms with Crippen molar-refractivity contribution in [1.29, 1.82) is 0 Å². The first kappa shape index (κ1) is 15.7. The summed E-state index contributed by atoms with van der Waals surface area (Å²) in [4.78, 5) is 0. The zero-order valence-corrected chi connectivity index (χ0v) is 12.0. The van der Waals surface area contributed by atoms with Gasteiger partial charge in [-0.1, -0.05) is 0 Å². The van der Waals surface area contributed by atoms with E-state index in [1.807, 2.05) is 0 Å². The van der Waals surface area contributed by atoms with Crippen LogP contribution in [0, 0.1) is 0 Å². The van der Waals surface area contributed by atoms with Gasteiger partial charge in [0.05, 0.1) is 0 Å². The summed E-state index contributed by atoms with van der Waals surface area (Å²) in [6.45, 7) is 0. The molecule has 0 aliphatic carbocycles. The van der Waals surface area contributed by atoms with Gasteiger partial charge < -0.3 is 0 Å². The Morgan fingerprint density at radius 1 is 1.00 bits per heavy atom. The van der Waals surface area contributed by atoms with E-state index < -0.39 is 31.4 Å². The van der Waals surface area contributed by atoms with E-state index in [0.717, 1.165) is 0 Å². The fourth-order valence-electron chi connectivity index (χ4n) is 0. The van der Waals surface area contributed by atoms with Gasteiger partial charge in [0.1, 0.15) is 0 Å². The van der Waals surface area contributed by atoms with Gasteiger partial charge >= 0.3 is 74.5 Å². The summed E-state index contributed by atoms with van der Waals surface area (Å²) in [6.07, 6.45) is 0. The van der Waals surface area contributed by atoms with E-state index in [-0.39, 0.29) is 27.3 Å². The zero-order valence-electron chi connectivity index (χ0n) is 3.29. The van der Waals surface area contributed by atoms with Crippen LogP contribution in [0.4, 0.5) is 0 Å². The largest absolute Gasteiger partial charge is 2.00 e. The summed E-state index contributed by atoms with van der Waals surface area (Å²) >= 11 is -4.38. The maximum absolute atomic E-state index is 8.53. The molecule has 0 aliphatic rings. The molecule has 0 saturated heterocycles. The zero-order chi connectivity index (χ0) is 5.41. The molecule has 7 heteroatoms. The van der Waals surface area contributed by atoms with Crippen LogP contribution < -0.4 is 8.27 Å². The Balaban J connectivity index is -0.0000000400. The maximum atomic E-state index is 8.53. The quantitative estimate of drug-likeness (QED) is 0.373. The summed E-state index contributed by atoms with van der Waals surface area (Å²) in [6, 6.07) is 0. The third-order valence-electron chi connectivity index (χ3n) is 0. The predicted molar refractivity (Wildman–Crippen MR) is 21.4 cm³/mol. The first-order chi connectivity index (χ1) is 2.83. The Kier molecular flexibility index (Phi) is 60.6. The Morgan fingerprint density at radius 3 is 1.00 bits per heavy atom. The molecular weight excluding hydrogens is 416 g/mol. The Morgan fingerprint density at radius 2 is 1.00 bits per heavy atom. The summed E-state index contributed by atoms with van der Waals surface area (Å²) < 4.78 is 34.1. The molecule has 7 heavy (non-hydrogen) atoms. The van der Waals surface area contributed by atoms with Gasteiger partial charge in [-0.05, 0) is 0 Å². The number of hydrogen-bond donors (Lipinski definition) is 0. The molecule has 0 aliphatic heterocycles.